The van der Waals surface area contributed by atoms with E-state index in [9.17, 15) is 9.90 Å². The van der Waals surface area contributed by atoms with Crippen LogP contribution in [0.1, 0.15) is 31.2 Å². The Bertz CT molecular complexity index is 684. The van der Waals surface area contributed by atoms with E-state index in [1.54, 1.807) is 12.4 Å². The van der Waals surface area contributed by atoms with Crippen LogP contribution in [0, 0.1) is 0 Å². The number of aliphatic imine (C=N–C) groups is 1. The zero-order chi connectivity index (χ0) is 15.8. The number of cyclic esters (lactones) is 1. The number of esters is 1. The molecule has 2 aliphatic heterocycles. The number of hydrogen-bond donors (Lipinski definition) is 2. The van der Waals surface area contributed by atoms with Gasteiger partial charge in [0.25, 0.3) is 0 Å². The van der Waals surface area contributed by atoms with Crippen molar-refractivity contribution in [1.82, 2.24) is 10.3 Å². The van der Waals surface area contributed by atoms with Crippen LogP contribution in [-0.2, 0) is 16.0 Å². The lowest BCUT2D eigenvalue weighted by molar-refractivity contribution is -0.139. The average Bonchev–Trinajstić information content (AvgIpc) is 3.09. The molecule has 1 aliphatic carbocycles. The number of nitrogens with one attached hydrogen (secondary N) is 1. The van der Waals surface area contributed by atoms with Gasteiger partial charge in [0.15, 0.2) is 11.9 Å². The van der Waals surface area contributed by atoms with Gasteiger partial charge in [-0.1, -0.05) is 12.8 Å². The van der Waals surface area contributed by atoms with E-state index in [0.29, 0.717) is 12.3 Å². The van der Waals surface area contributed by atoms with Crippen molar-refractivity contribution in [3.05, 3.63) is 41.4 Å². The molecule has 4 rings (SSSR count). The fourth-order valence-electron chi connectivity index (χ4n) is 3.55. The highest BCUT2D eigenvalue weighted by Crippen LogP contribution is 2.30. The van der Waals surface area contributed by atoms with Gasteiger partial charge in [-0.25, -0.2) is 4.79 Å². The summed E-state index contributed by atoms with van der Waals surface area (Å²) in [6, 6.07) is 4.19. The van der Waals surface area contributed by atoms with Gasteiger partial charge in [-0.15, -0.1) is 0 Å². The minimum absolute atomic E-state index is 0.0169. The predicted octanol–water partition coefficient (Wildman–Crippen LogP) is 1.67. The molecule has 0 aromatic carbocycles. The van der Waals surface area contributed by atoms with Crippen LogP contribution < -0.4 is 5.32 Å². The summed E-state index contributed by atoms with van der Waals surface area (Å²) in [4.78, 5) is 20.8. The Labute approximate surface area is 134 Å². The number of hydrogen-bond acceptors (Lipinski definition) is 6. The minimum Gasteiger partial charge on any atom is -0.507 e. The number of pyridine rings is 1. The van der Waals surface area contributed by atoms with Crippen LogP contribution in [0.15, 0.2) is 40.9 Å². The molecule has 0 saturated heterocycles. The molecule has 3 heterocycles. The molecule has 1 saturated carbocycles. The number of aliphatic hydroxyl groups is 1. The van der Waals surface area contributed by atoms with E-state index >= 15 is 0 Å². The topological polar surface area (TPSA) is 83.8 Å². The van der Waals surface area contributed by atoms with Gasteiger partial charge in [0.1, 0.15) is 11.4 Å². The van der Waals surface area contributed by atoms with Crippen molar-refractivity contribution >= 4 is 11.8 Å². The molecule has 3 atom stereocenters. The quantitative estimate of drug-likeness (QED) is 0.829. The van der Waals surface area contributed by atoms with Crippen LogP contribution in [0.2, 0.25) is 0 Å². The number of aromatic nitrogens is 1. The van der Waals surface area contributed by atoms with Crippen LogP contribution in [0.4, 0.5) is 0 Å². The molecule has 6 heteroatoms. The Balaban J connectivity index is 1.56. The largest absolute Gasteiger partial charge is 0.507 e. The first-order valence-electron chi connectivity index (χ1n) is 8.10. The van der Waals surface area contributed by atoms with E-state index in [4.69, 9.17) is 4.74 Å². The summed E-state index contributed by atoms with van der Waals surface area (Å²) in [7, 11) is 0. The Morgan fingerprint density at radius 1 is 1.26 bits per heavy atom. The van der Waals surface area contributed by atoms with E-state index in [-0.39, 0.29) is 23.4 Å². The second-order valence-corrected chi connectivity index (χ2v) is 6.29. The Morgan fingerprint density at radius 2 is 2.04 bits per heavy atom. The molecule has 120 valence electrons. The minimum atomic E-state index is -0.646. The van der Waals surface area contributed by atoms with Gasteiger partial charge < -0.3 is 15.2 Å². The summed E-state index contributed by atoms with van der Waals surface area (Å²) < 4.78 is 5.35. The van der Waals surface area contributed by atoms with Crippen molar-refractivity contribution in [3.63, 3.8) is 0 Å². The van der Waals surface area contributed by atoms with E-state index in [0.717, 1.165) is 18.4 Å². The number of carbonyl (C=O) groups is 1. The Kier molecular flexibility index (Phi) is 3.52. The molecule has 0 bridgehead atoms. The van der Waals surface area contributed by atoms with Crippen molar-refractivity contribution in [2.75, 3.05) is 0 Å². The molecule has 0 radical (unpaired) electrons. The number of fused-ring (bicyclic) bond motifs is 1. The van der Waals surface area contributed by atoms with Gasteiger partial charge in [0, 0.05) is 24.9 Å². The maximum atomic E-state index is 12.2. The molecular formula is C17H19N3O3. The summed E-state index contributed by atoms with van der Waals surface area (Å²) in [5.74, 6) is -0.00945. The van der Waals surface area contributed by atoms with E-state index < -0.39 is 12.1 Å². The zero-order valence-corrected chi connectivity index (χ0v) is 12.7. The third-order valence-electron chi connectivity index (χ3n) is 4.77. The fourth-order valence-corrected chi connectivity index (χ4v) is 3.55. The smallest absolute Gasteiger partial charge is 0.346 e. The van der Waals surface area contributed by atoms with Crippen molar-refractivity contribution < 1.29 is 14.6 Å². The summed E-state index contributed by atoms with van der Waals surface area (Å²) in [6.07, 6.45) is 7.58. The second-order valence-electron chi connectivity index (χ2n) is 6.29. The van der Waals surface area contributed by atoms with E-state index in [1.165, 1.54) is 12.8 Å². The van der Waals surface area contributed by atoms with Gasteiger partial charge in [0.05, 0.1) is 6.04 Å². The Morgan fingerprint density at radius 3 is 2.83 bits per heavy atom. The number of amidine groups is 1. The van der Waals surface area contributed by atoms with Crippen molar-refractivity contribution in [3.8, 4) is 0 Å². The molecule has 6 nitrogen and oxygen atoms in total. The molecule has 0 spiro atoms. The summed E-state index contributed by atoms with van der Waals surface area (Å²) >= 11 is 0. The molecule has 0 amide bonds. The predicted molar refractivity (Wildman–Crippen MR) is 84.1 cm³/mol. The fraction of sp³-hybridized carbons (Fsp3) is 0.471. The molecule has 1 aromatic rings. The molecule has 2 N–H and O–H groups in total. The van der Waals surface area contributed by atoms with Gasteiger partial charge in [-0.05, 0) is 30.5 Å². The van der Waals surface area contributed by atoms with Crippen LogP contribution in [0.3, 0.4) is 0 Å². The third-order valence-corrected chi connectivity index (χ3v) is 4.77. The van der Waals surface area contributed by atoms with Crippen LogP contribution in [-0.4, -0.2) is 40.1 Å². The lowest BCUT2D eigenvalue weighted by Gasteiger charge is -2.23. The first-order valence-corrected chi connectivity index (χ1v) is 8.10. The Hall–Kier alpha value is -2.37. The van der Waals surface area contributed by atoms with Gasteiger partial charge in [0.2, 0.25) is 0 Å². The van der Waals surface area contributed by atoms with E-state index in [2.05, 4.69) is 15.3 Å². The lowest BCUT2D eigenvalue weighted by atomic mass is 9.92. The number of ether oxygens (including phenoxy) is 1. The number of nitrogens with zero attached hydrogens (tertiary/aromatic N) is 2. The van der Waals surface area contributed by atoms with Crippen LogP contribution in [0.25, 0.3) is 0 Å². The van der Waals surface area contributed by atoms with E-state index in [1.807, 2.05) is 12.1 Å². The SMILES string of the molecule is O=C1O[C@@H](Cc2ccncc2)C(O)=C1C1=N[C@H]2CCCC[C@@H]2N1. The molecular weight excluding hydrogens is 294 g/mol. The van der Waals surface area contributed by atoms with Gasteiger partial charge in [-0.3, -0.25) is 9.98 Å². The van der Waals surface area contributed by atoms with Gasteiger partial charge >= 0.3 is 5.97 Å². The highest BCUT2D eigenvalue weighted by atomic mass is 16.6. The normalized spacial score (nSPS) is 29.8. The highest BCUT2D eigenvalue weighted by molar-refractivity contribution is 6.21. The number of carbonyl (C=O) groups excluding carboxylic acids is 1. The molecule has 0 unspecified atom stereocenters. The number of rotatable bonds is 3. The zero-order valence-electron chi connectivity index (χ0n) is 12.7. The lowest BCUT2D eigenvalue weighted by Crippen LogP contribution is -2.37. The first kappa shape index (κ1) is 14.2. The average molecular weight is 313 g/mol. The van der Waals surface area contributed by atoms with Crippen molar-refractivity contribution in [2.45, 2.75) is 50.3 Å². The van der Waals surface area contributed by atoms with Crippen molar-refractivity contribution in [2.24, 2.45) is 4.99 Å². The van der Waals surface area contributed by atoms with Crippen LogP contribution >= 0.6 is 0 Å². The molecule has 3 aliphatic rings. The highest BCUT2D eigenvalue weighted by Gasteiger charge is 2.41. The summed E-state index contributed by atoms with van der Waals surface area (Å²) in [6.45, 7) is 0. The monoisotopic (exact) mass is 313 g/mol. The molecule has 1 aromatic heterocycles. The van der Waals surface area contributed by atoms with Gasteiger partial charge in [-0.2, -0.15) is 0 Å². The maximum absolute atomic E-state index is 12.2. The summed E-state index contributed by atoms with van der Waals surface area (Å²) in [5.41, 5.74) is 1.17. The first-order chi connectivity index (χ1) is 11.2. The van der Waals surface area contributed by atoms with Crippen LogP contribution in [0.5, 0.6) is 0 Å². The maximum Gasteiger partial charge on any atom is 0.346 e. The second kappa shape index (κ2) is 5.68. The molecule has 1 fully saturated rings. The summed E-state index contributed by atoms with van der Waals surface area (Å²) in [5, 5.41) is 13.8. The molecule has 23 heavy (non-hydrogen) atoms. The van der Waals surface area contributed by atoms with Crippen molar-refractivity contribution in [1.29, 1.82) is 0 Å². The third kappa shape index (κ3) is 2.58. The number of aliphatic hydroxyl groups excluding tert-OH is 1. The standard InChI is InChI=1S/C17H19N3O3/c21-15-13(9-10-5-7-18-8-6-10)23-17(22)14(15)16-19-11-3-1-2-4-12(11)20-16/h5-8,11-13,21H,1-4,9H2,(H,19,20)/t11-,12-,13-/m0/s1.